The Bertz CT molecular complexity index is 708. The van der Waals surface area contributed by atoms with E-state index in [2.05, 4.69) is 5.29 Å². The van der Waals surface area contributed by atoms with E-state index in [0.29, 0.717) is 17.9 Å². The van der Waals surface area contributed by atoms with Crippen molar-refractivity contribution in [3.63, 3.8) is 0 Å². The maximum absolute atomic E-state index is 12.9. The predicted octanol–water partition coefficient (Wildman–Crippen LogP) is -2.66. The van der Waals surface area contributed by atoms with Crippen molar-refractivity contribution in [2.45, 2.75) is 74.8 Å². The normalized spacial score (nSPS) is 36.2. The monoisotopic (exact) mass is 559 g/mol. The van der Waals surface area contributed by atoms with Crippen molar-refractivity contribution in [2.24, 2.45) is 11.2 Å². The Morgan fingerprint density at radius 1 is 0.892 bits per heavy atom. The standard InChI is InChI=1S/C21H38ClN3O12/c1-2-3-5-24(21(33)25(23-34)6-4-22)20-19(32)15(28)11(12(7-26)37-20)9-35-10-14-17(30)18(31)16(29)13(8-27)36-14/h11-20,26-32H,2-10H2,1H3. The third kappa shape index (κ3) is 7.67. The smallest absolute Gasteiger partial charge is 0.345 e. The van der Waals surface area contributed by atoms with Crippen LogP contribution in [0, 0.1) is 10.8 Å². The van der Waals surface area contributed by atoms with Crippen molar-refractivity contribution in [1.82, 2.24) is 9.91 Å². The highest BCUT2D eigenvalue weighted by Gasteiger charge is 2.49. The number of carbonyl (C=O) groups excluding carboxylic acids is 1. The molecule has 2 fully saturated rings. The number of ether oxygens (including phenoxy) is 3. The first-order chi connectivity index (χ1) is 17.7. The van der Waals surface area contributed by atoms with Crippen LogP contribution in [-0.2, 0) is 14.2 Å². The molecule has 0 spiro atoms. The van der Waals surface area contributed by atoms with E-state index in [1.807, 2.05) is 6.92 Å². The molecule has 37 heavy (non-hydrogen) atoms. The van der Waals surface area contributed by atoms with Gasteiger partial charge in [-0.3, -0.25) is 4.90 Å². The molecule has 10 unspecified atom stereocenters. The molecule has 2 amide bonds. The lowest BCUT2D eigenvalue weighted by molar-refractivity contribution is -0.258. The molecule has 216 valence electrons. The topological polar surface area (TPSA) is 222 Å². The molecule has 0 aromatic carbocycles. The highest BCUT2D eigenvalue weighted by molar-refractivity contribution is 6.18. The summed E-state index contributed by atoms with van der Waals surface area (Å²) in [6.07, 6.45) is -11.4. The van der Waals surface area contributed by atoms with Crippen LogP contribution < -0.4 is 0 Å². The number of aliphatic hydroxyl groups is 7. The van der Waals surface area contributed by atoms with Gasteiger partial charge in [0.25, 0.3) is 0 Å². The van der Waals surface area contributed by atoms with Gasteiger partial charge in [-0.05, 0) is 6.42 Å². The molecule has 0 radical (unpaired) electrons. The zero-order valence-electron chi connectivity index (χ0n) is 20.5. The summed E-state index contributed by atoms with van der Waals surface area (Å²) in [6.45, 7) is -0.0780. The predicted molar refractivity (Wildman–Crippen MR) is 126 cm³/mol. The first-order valence-corrected chi connectivity index (χ1v) is 12.7. The molecule has 2 saturated heterocycles. The Hall–Kier alpha value is -1.24. The van der Waals surface area contributed by atoms with Crippen LogP contribution >= 0.6 is 11.6 Å². The van der Waals surface area contributed by atoms with Gasteiger partial charge in [0.1, 0.15) is 36.6 Å². The van der Waals surface area contributed by atoms with Crippen LogP contribution in [0.5, 0.6) is 0 Å². The molecule has 2 rings (SSSR count). The van der Waals surface area contributed by atoms with Gasteiger partial charge in [0.05, 0.1) is 50.5 Å². The average Bonchev–Trinajstić information content (AvgIpc) is 2.90. The maximum atomic E-state index is 12.9. The zero-order valence-corrected chi connectivity index (χ0v) is 21.3. The van der Waals surface area contributed by atoms with Gasteiger partial charge in [-0.25, -0.2) is 4.79 Å². The van der Waals surface area contributed by atoms with E-state index in [1.54, 1.807) is 0 Å². The lowest BCUT2D eigenvalue weighted by atomic mass is 9.88. The van der Waals surface area contributed by atoms with E-state index in [9.17, 15) is 45.4 Å². The van der Waals surface area contributed by atoms with E-state index in [-0.39, 0.29) is 32.2 Å². The minimum atomic E-state index is -1.64. The largest absolute Gasteiger partial charge is 0.394 e. The summed E-state index contributed by atoms with van der Waals surface area (Å²) in [5, 5.41) is 74.1. The number of rotatable bonds is 13. The van der Waals surface area contributed by atoms with Gasteiger partial charge in [0.15, 0.2) is 6.23 Å². The maximum Gasteiger partial charge on any atom is 0.345 e. The molecule has 7 N–H and O–H groups in total. The first-order valence-electron chi connectivity index (χ1n) is 12.1. The molecule has 2 heterocycles. The zero-order chi connectivity index (χ0) is 27.7. The van der Waals surface area contributed by atoms with Crippen molar-refractivity contribution in [3.05, 3.63) is 4.91 Å². The Kier molecular flexibility index (Phi) is 13.3. The quantitative estimate of drug-likeness (QED) is 0.0698. The fraction of sp³-hybridized carbons (Fsp3) is 0.952. The summed E-state index contributed by atoms with van der Waals surface area (Å²) in [6, 6.07) is -0.880. The van der Waals surface area contributed by atoms with E-state index in [1.165, 1.54) is 0 Å². The van der Waals surface area contributed by atoms with Gasteiger partial charge in [-0.2, -0.15) is 5.01 Å². The second kappa shape index (κ2) is 15.4. The van der Waals surface area contributed by atoms with E-state index < -0.39 is 80.2 Å². The van der Waals surface area contributed by atoms with Crippen molar-refractivity contribution in [3.8, 4) is 0 Å². The van der Waals surface area contributed by atoms with E-state index >= 15 is 0 Å². The van der Waals surface area contributed by atoms with Crippen LogP contribution in [0.2, 0.25) is 0 Å². The Balaban J connectivity index is 2.09. The van der Waals surface area contributed by atoms with Crippen LogP contribution in [0.15, 0.2) is 5.29 Å². The van der Waals surface area contributed by atoms with Gasteiger partial charge >= 0.3 is 6.03 Å². The number of aliphatic hydroxyl groups excluding tert-OH is 7. The van der Waals surface area contributed by atoms with Crippen LogP contribution in [0.3, 0.4) is 0 Å². The number of carbonyl (C=O) groups is 1. The molecule has 10 atom stereocenters. The lowest BCUT2D eigenvalue weighted by Gasteiger charge is -2.46. The fourth-order valence-corrected chi connectivity index (χ4v) is 4.50. The van der Waals surface area contributed by atoms with Crippen molar-refractivity contribution >= 4 is 17.6 Å². The Morgan fingerprint density at radius 2 is 1.54 bits per heavy atom. The molecule has 0 aromatic heterocycles. The number of alkyl halides is 1. The van der Waals surface area contributed by atoms with Gasteiger partial charge in [-0.15, -0.1) is 16.5 Å². The number of halogens is 1. The van der Waals surface area contributed by atoms with Gasteiger partial charge in [0, 0.05) is 18.3 Å². The summed E-state index contributed by atoms with van der Waals surface area (Å²) in [5.41, 5.74) is 0. The number of amides is 2. The molecule has 15 nitrogen and oxygen atoms in total. The second-order valence-corrected chi connectivity index (χ2v) is 9.40. The number of nitroso groups, excluding NO2 is 1. The molecular formula is C21H38ClN3O12. The second-order valence-electron chi connectivity index (χ2n) is 9.02. The minimum Gasteiger partial charge on any atom is -0.394 e. The molecular weight excluding hydrogens is 522 g/mol. The summed E-state index contributed by atoms with van der Waals surface area (Å²) in [7, 11) is 0. The van der Waals surface area contributed by atoms with Crippen LogP contribution in [0.25, 0.3) is 0 Å². The Morgan fingerprint density at radius 3 is 2.11 bits per heavy atom. The number of nitrogens with zero attached hydrogens (tertiary/aromatic N) is 3. The molecule has 0 aliphatic carbocycles. The molecule has 16 heteroatoms. The van der Waals surface area contributed by atoms with E-state index in [0.717, 1.165) is 4.90 Å². The third-order valence-electron chi connectivity index (χ3n) is 6.56. The number of hydrogen-bond acceptors (Lipinski definition) is 13. The average molecular weight is 560 g/mol. The number of unbranched alkanes of at least 4 members (excludes halogenated alkanes) is 1. The summed E-state index contributed by atoms with van der Waals surface area (Å²) in [5.74, 6) is -1.05. The number of hydrogen-bond donors (Lipinski definition) is 7. The van der Waals surface area contributed by atoms with Crippen molar-refractivity contribution < 1.29 is 54.8 Å². The number of urea groups is 1. The lowest BCUT2D eigenvalue weighted by Crippen LogP contribution is -2.64. The summed E-state index contributed by atoms with van der Waals surface area (Å²) >= 11 is 5.63. The fourth-order valence-electron chi connectivity index (χ4n) is 4.34. The van der Waals surface area contributed by atoms with Gasteiger partial charge in [-0.1, -0.05) is 13.3 Å². The van der Waals surface area contributed by atoms with Crippen LogP contribution in [0.4, 0.5) is 4.79 Å². The van der Waals surface area contributed by atoms with Crippen LogP contribution in [0.1, 0.15) is 19.8 Å². The third-order valence-corrected chi connectivity index (χ3v) is 6.73. The molecule has 0 saturated carbocycles. The summed E-state index contributed by atoms with van der Waals surface area (Å²) in [4.78, 5) is 25.1. The van der Waals surface area contributed by atoms with Crippen LogP contribution in [-0.4, -0.2) is 152 Å². The molecule has 0 bridgehead atoms. The van der Waals surface area contributed by atoms with Gasteiger partial charge in [0.2, 0.25) is 0 Å². The minimum absolute atomic E-state index is 0.0640. The molecule has 2 aliphatic rings. The first kappa shape index (κ1) is 32.0. The van der Waals surface area contributed by atoms with Crippen molar-refractivity contribution in [1.29, 1.82) is 0 Å². The van der Waals surface area contributed by atoms with Gasteiger partial charge < -0.3 is 50.0 Å². The molecule has 0 aromatic rings. The van der Waals surface area contributed by atoms with E-state index in [4.69, 9.17) is 25.8 Å². The Labute approximate surface area is 219 Å². The SMILES string of the molecule is CCCCN(C(=O)N(CCCl)N=O)C1OC(CO)C(COCC2OC(CO)C(O)C(O)C2O)C(O)C1O. The summed E-state index contributed by atoms with van der Waals surface area (Å²) < 4.78 is 16.7. The van der Waals surface area contributed by atoms with Crippen molar-refractivity contribution in [2.75, 3.05) is 45.4 Å². The highest BCUT2D eigenvalue weighted by Crippen LogP contribution is 2.30. The highest BCUT2D eigenvalue weighted by atomic mass is 35.5. The molecule has 2 aliphatic heterocycles.